The van der Waals surface area contributed by atoms with Crippen molar-refractivity contribution >= 4 is 0 Å². The third-order valence-electron chi connectivity index (χ3n) is 5.92. The molecule has 3 heterocycles. The van der Waals surface area contributed by atoms with Gasteiger partial charge in [0.1, 0.15) is 0 Å². The Morgan fingerprint density at radius 1 is 0.958 bits per heavy atom. The molecular formula is C19H30N4O. The van der Waals surface area contributed by atoms with E-state index in [1.165, 1.54) is 71.1 Å². The fraction of sp³-hybridized carbons (Fsp3) is 0.789. The SMILES string of the molecule is O=c1ccc(C2CC2)nn1CC1CCCN1CCN1CCCCC1. The molecule has 2 aliphatic heterocycles. The van der Waals surface area contributed by atoms with Crippen molar-refractivity contribution in [3.05, 3.63) is 28.2 Å². The van der Waals surface area contributed by atoms with E-state index in [2.05, 4.69) is 14.9 Å². The van der Waals surface area contributed by atoms with Gasteiger partial charge < -0.3 is 4.90 Å². The highest BCUT2D eigenvalue weighted by molar-refractivity contribution is 5.12. The maximum absolute atomic E-state index is 12.2. The molecule has 3 fully saturated rings. The lowest BCUT2D eigenvalue weighted by Gasteiger charge is -2.30. The van der Waals surface area contributed by atoms with E-state index in [-0.39, 0.29) is 5.56 Å². The van der Waals surface area contributed by atoms with Gasteiger partial charge in [-0.25, -0.2) is 4.68 Å². The van der Waals surface area contributed by atoms with Gasteiger partial charge in [-0.2, -0.15) is 5.10 Å². The Kier molecular flexibility index (Phi) is 4.99. The minimum Gasteiger partial charge on any atom is -0.302 e. The summed E-state index contributed by atoms with van der Waals surface area (Å²) >= 11 is 0. The molecular weight excluding hydrogens is 300 g/mol. The minimum absolute atomic E-state index is 0.0577. The molecule has 1 aromatic rings. The predicted octanol–water partition coefficient (Wildman–Crippen LogP) is 2.07. The molecule has 1 aromatic heterocycles. The predicted molar refractivity (Wildman–Crippen MR) is 95.4 cm³/mol. The molecule has 1 unspecified atom stereocenters. The molecule has 24 heavy (non-hydrogen) atoms. The molecule has 1 saturated carbocycles. The Hall–Kier alpha value is -1.20. The number of aromatic nitrogens is 2. The van der Waals surface area contributed by atoms with E-state index in [4.69, 9.17) is 0 Å². The van der Waals surface area contributed by atoms with Crippen molar-refractivity contribution < 1.29 is 0 Å². The summed E-state index contributed by atoms with van der Waals surface area (Å²) in [5.74, 6) is 0.607. The highest BCUT2D eigenvalue weighted by Gasteiger charge is 2.28. The number of hydrogen-bond acceptors (Lipinski definition) is 4. The monoisotopic (exact) mass is 330 g/mol. The van der Waals surface area contributed by atoms with Gasteiger partial charge in [0.2, 0.25) is 0 Å². The van der Waals surface area contributed by atoms with Gasteiger partial charge in [-0.1, -0.05) is 6.42 Å². The van der Waals surface area contributed by atoms with Crippen LogP contribution in [-0.4, -0.2) is 58.3 Å². The Balaban J connectivity index is 1.36. The zero-order valence-corrected chi connectivity index (χ0v) is 14.7. The summed E-state index contributed by atoms with van der Waals surface area (Å²) in [7, 11) is 0. The van der Waals surface area contributed by atoms with Crippen molar-refractivity contribution in [1.29, 1.82) is 0 Å². The number of hydrogen-bond donors (Lipinski definition) is 0. The third-order valence-corrected chi connectivity index (χ3v) is 5.92. The quantitative estimate of drug-likeness (QED) is 0.801. The highest BCUT2D eigenvalue weighted by Crippen LogP contribution is 2.38. The second-order valence-corrected chi connectivity index (χ2v) is 7.79. The van der Waals surface area contributed by atoms with Crippen LogP contribution in [0.15, 0.2) is 16.9 Å². The summed E-state index contributed by atoms with van der Waals surface area (Å²) in [5, 5.41) is 4.65. The Morgan fingerprint density at radius 2 is 1.79 bits per heavy atom. The van der Waals surface area contributed by atoms with Crippen LogP contribution in [0.5, 0.6) is 0 Å². The van der Waals surface area contributed by atoms with Crippen molar-refractivity contribution in [3.63, 3.8) is 0 Å². The molecule has 132 valence electrons. The van der Waals surface area contributed by atoms with E-state index in [1.54, 1.807) is 10.7 Å². The Morgan fingerprint density at radius 3 is 2.58 bits per heavy atom. The standard InChI is InChI=1S/C19H30N4O/c24-19-9-8-18(16-6-7-16)20-23(19)15-17-5-4-12-22(17)14-13-21-10-2-1-3-11-21/h8-9,16-17H,1-7,10-15H2. The molecule has 4 rings (SSSR count). The van der Waals surface area contributed by atoms with Gasteiger partial charge in [-0.3, -0.25) is 9.69 Å². The highest BCUT2D eigenvalue weighted by atomic mass is 16.1. The first kappa shape index (κ1) is 16.3. The van der Waals surface area contributed by atoms with Crippen LogP contribution in [0.2, 0.25) is 0 Å². The lowest BCUT2D eigenvalue weighted by Crippen LogP contribution is -2.42. The summed E-state index contributed by atoms with van der Waals surface area (Å²) in [5.41, 5.74) is 1.18. The number of rotatable bonds is 6. The van der Waals surface area contributed by atoms with Gasteiger partial charge in [0.25, 0.3) is 5.56 Å². The first-order valence-electron chi connectivity index (χ1n) is 9.84. The van der Waals surface area contributed by atoms with Gasteiger partial charge in [-0.05, 0) is 64.2 Å². The molecule has 0 bridgehead atoms. The van der Waals surface area contributed by atoms with Crippen molar-refractivity contribution in [3.8, 4) is 0 Å². The van der Waals surface area contributed by atoms with Crippen LogP contribution in [0.25, 0.3) is 0 Å². The van der Waals surface area contributed by atoms with Crippen LogP contribution in [0, 0.1) is 0 Å². The first-order chi connectivity index (χ1) is 11.8. The van der Waals surface area contributed by atoms with Crippen LogP contribution < -0.4 is 5.56 Å². The lowest BCUT2D eigenvalue weighted by molar-refractivity contribution is 0.164. The van der Waals surface area contributed by atoms with Crippen molar-refractivity contribution in [1.82, 2.24) is 19.6 Å². The van der Waals surface area contributed by atoms with E-state index < -0.39 is 0 Å². The second-order valence-electron chi connectivity index (χ2n) is 7.79. The zero-order valence-electron chi connectivity index (χ0n) is 14.7. The Labute approximate surface area is 144 Å². The molecule has 2 saturated heterocycles. The van der Waals surface area contributed by atoms with E-state index in [9.17, 15) is 4.79 Å². The lowest BCUT2D eigenvalue weighted by atomic mass is 10.1. The van der Waals surface area contributed by atoms with E-state index in [0.717, 1.165) is 18.8 Å². The fourth-order valence-corrected chi connectivity index (χ4v) is 4.24. The molecule has 1 atom stereocenters. The number of likely N-dealkylation sites (tertiary alicyclic amines) is 2. The first-order valence-corrected chi connectivity index (χ1v) is 9.84. The third kappa shape index (κ3) is 3.89. The van der Waals surface area contributed by atoms with Crippen LogP contribution >= 0.6 is 0 Å². The van der Waals surface area contributed by atoms with E-state index in [0.29, 0.717) is 12.0 Å². The van der Waals surface area contributed by atoms with Crippen molar-refractivity contribution in [2.45, 2.75) is 63.5 Å². The minimum atomic E-state index is 0.0577. The van der Waals surface area contributed by atoms with Gasteiger partial charge >= 0.3 is 0 Å². The summed E-state index contributed by atoms with van der Waals surface area (Å²) < 4.78 is 1.73. The zero-order chi connectivity index (χ0) is 16.4. The molecule has 5 nitrogen and oxygen atoms in total. The number of piperidine rings is 1. The molecule has 0 amide bonds. The Bertz CT molecular complexity index is 604. The molecule has 0 aromatic carbocycles. The van der Waals surface area contributed by atoms with Crippen LogP contribution in [0.1, 0.15) is 56.6 Å². The summed E-state index contributed by atoms with van der Waals surface area (Å²) in [4.78, 5) is 17.4. The summed E-state index contributed by atoms with van der Waals surface area (Å²) in [6.07, 6.45) is 9.03. The maximum atomic E-state index is 12.2. The van der Waals surface area contributed by atoms with Gasteiger partial charge in [0.15, 0.2) is 0 Å². The van der Waals surface area contributed by atoms with Crippen LogP contribution in [0.4, 0.5) is 0 Å². The van der Waals surface area contributed by atoms with Crippen LogP contribution in [0.3, 0.4) is 0 Å². The molecule has 0 radical (unpaired) electrons. The van der Waals surface area contributed by atoms with Crippen LogP contribution in [-0.2, 0) is 6.54 Å². The molecule has 5 heteroatoms. The average molecular weight is 330 g/mol. The van der Waals surface area contributed by atoms with Gasteiger partial charge in [-0.15, -0.1) is 0 Å². The van der Waals surface area contributed by atoms with Gasteiger partial charge in [0, 0.05) is 31.1 Å². The molecule has 1 aliphatic carbocycles. The average Bonchev–Trinajstić information content (AvgIpc) is 3.37. The summed E-state index contributed by atoms with van der Waals surface area (Å²) in [6.45, 7) is 6.80. The number of nitrogens with zero attached hydrogens (tertiary/aromatic N) is 4. The molecule has 3 aliphatic rings. The topological polar surface area (TPSA) is 41.4 Å². The second kappa shape index (κ2) is 7.36. The maximum Gasteiger partial charge on any atom is 0.266 e. The van der Waals surface area contributed by atoms with Crippen molar-refractivity contribution in [2.24, 2.45) is 0 Å². The largest absolute Gasteiger partial charge is 0.302 e. The van der Waals surface area contributed by atoms with E-state index >= 15 is 0 Å². The smallest absolute Gasteiger partial charge is 0.266 e. The van der Waals surface area contributed by atoms with Gasteiger partial charge in [0.05, 0.1) is 12.2 Å². The van der Waals surface area contributed by atoms with Crippen molar-refractivity contribution in [2.75, 3.05) is 32.7 Å². The van der Waals surface area contributed by atoms with E-state index in [1.807, 2.05) is 6.07 Å². The molecule has 0 N–H and O–H groups in total. The fourth-order valence-electron chi connectivity index (χ4n) is 4.24. The summed E-state index contributed by atoms with van der Waals surface area (Å²) in [6, 6.07) is 4.13. The molecule has 0 spiro atoms. The normalized spacial score (nSPS) is 26.1.